The van der Waals surface area contributed by atoms with Crippen molar-refractivity contribution in [2.75, 3.05) is 0 Å². The van der Waals surface area contributed by atoms with Crippen LogP contribution in [-0.4, -0.2) is 41.1 Å². The van der Waals surface area contributed by atoms with Gasteiger partial charge in [0.15, 0.2) is 0 Å². The summed E-state index contributed by atoms with van der Waals surface area (Å²) in [5, 5.41) is 39.4. The number of nitrogens with zero attached hydrogens (tertiary/aromatic N) is 4. The van der Waals surface area contributed by atoms with Crippen LogP contribution in [0, 0.1) is 22.7 Å². The van der Waals surface area contributed by atoms with Crippen LogP contribution in [-0.2, 0) is 10.8 Å². The van der Waals surface area contributed by atoms with Crippen LogP contribution in [0.2, 0.25) is 74.5 Å². The third-order valence-electron chi connectivity index (χ3n) is 17.8. The summed E-state index contributed by atoms with van der Waals surface area (Å²) in [4.78, 5) is 0. The molecular formula is C52H54N4Si4. The summed E-state index contributed by atoms with van der Waals surface area (Å²) in [5.41, 5.74) is 12.3. The third-order valence-corrected chi connectivity index (χ3v) is 38.0. The summed E-state index contributed by atoms with van der Waals surface area (Å²) in [6.07, 6.45) is 0. The van der Waals surface area contributed by atoms with Crippen LogP contribution in [0.1, 0.15) is 63.8 Å². The van der Waals surface area contributed by atoms with Gasteiger partial charge in [0.1, 0.15) is 0 Å². The fourth-order valence-electron chi connectivity index (χ4n) is 14.1. The largest absolute Gasteiger partial charge is 0.308 e. The first-order valence-electron chi connectivity index (χ1n) is 22.7. The molecule has 9 aromatic rings. The highest BCUT2D eigenvalue weighted by atomic mass is 28.3. The van der Waals surface area contributed by atoms with Crippen LogP contribution in [0.3, 0.4) is 0 Å². The van der Waals surface area contributed by atoms with E-state index in [9.17, 15) is 10.5 Å². The quantitative estimate of drug-likeness (QED) is 0.143. The Balaban J connectivity index is 1.26. The summed E-state index contributed by atoms with van der Waals surface area (Å²) in [5.74, 6) is 0. The Kier molecular flexibility index (Phi) is 6.39. The zero-order valence-corrected chi connectivity index (χ0v) is 41.1. The Hall–Kier alpha value is -4.45. The van der Waals surface area contributed by atoms with Crippen molar-refractivity contribution in [1.29, 1.82) is 10.5 Å². The van der Waals surface area contributed by atoms with Crippen molar-refractivity contribution in [2.45, 2.75) is 127 Å². The van der Waals surface area contributed by atoms with Gasteiger partial charge in [0, 0.05) is 43.1 Å². The highest BCUT2D eigenvalue weighted by molar-refractivity contribution is 7.10. The number of fused-ring (bicyclic) bond motifs is 16. The molecule has 0 N–H and O–H groups in total. The Morgan fingerprint density at radius 1 is 0.417 bits per heavy atom. The summed E-state index contributed by atoms with van der Waals surface area (Å²) in [6.45, 7) is 24.7. The van der Waals surface area contributed by atoms with Gasteiger partial charge in [-0.05, 0) is 91.2 Å². The fraction of sp³-hybridized carbons (Fsp3) is 0.385. The highest BCUT2D eigenvalue weighted by Crippen LogP contribution is 2.50. The number of benzene rings is 5. The van der Waals surface area contributed by atoms with Crippen molar-refractivity contribution < 1.29 is 0 Å². The molecule has 15 rings (SSSR count). The molecule has 4 nitrogen and oxygen atoms in total. The second kappa shape index (κ2) is 10.6. The Labute approximate surface area is 356 Å². The predicted octanol–water partition coefficient (Wildman–Crippen LogP) is 11.5. The van der Waals surface area contributed by atoms with E-state index in [0.29, 0.717) is 0 Å². The number of aromatic nitrogens is 2. The van der Waals surface area contributed by atoms with Gasteiger partial charge in [0.05, 0.1) is 88.7 Å². The molecule has 0 unspecified atom stereocenters. The van der Waals surface area contributed by atoms with Crippen molar-refractivity contribution in [3.05, 3.63) is 70.8 Å². The summed E-state index contributed by atoms with van der Waals surface area (Å²) >= 11 is 0. The van der Waals surface area contributed by atoms with Gasteiger partial charge in [-0.2, -0.15) is 10.5 Å². The molecule has 298 valence electrons. The third kappa shape index (κ3) is 4.03. The molecular weight excluding hydrogens is 793 g/mol. The average molecular weight is 847 g/mol. The fourth-order valence-corrected chi connectivity index (χ4v) is 44.6. The topological polar surface area (TPSA) is 56.4 Å². The maximum absolute atomic E-state index is 11.0. The van der Waals surface area contributed by atoms with Gasteiger partial charge in [0.2, 0.25) is 0 Å². The van der Waals surface area contributed by atoms with Crippen LogP contribution in [0.25, 0.3) is 76.2 Å². The lowest BCUT2D eigenvalue weighted by Gasteiger charge is -2.50. The smallest absolute Gasteiger partial charge is 0.0991 e. The van der Waals surface area contributed by atoms with Gasteiger partial charge in [-0.1, -0.05) is 116 Å². The van der Waals surface area contributed by atoms with E-state index in [2.05, 4.69) is 137 Å². The van der Waals surface area contributed by atoms with E-state index in [1.165, 1.54) is 146 Å². The molecule has 4 bridgehead atoms. The predicted molar refractivity (Wildman–Crippen MR) is 266 cm³/mol. The first kappa shape index (κ1) is 36.2. The molecule has 0 aliphatic carbocycles. The van der Waals surface area contributed by atoms with E-state index in [4.69, 9.17) is 0 Å². The molecule has 2 fully saturated rings. The molecule has 0 radical (unpaired) electrons. The standard InChI is InChI=1S/C52H54N4Si4/c1-51(2,3)31-21-35-33-25-40-34(26-39(33)55-41-19-29(27-53)47-49(43(41)37(23-31)45(35)55)59(9)15-11-57(47,7)12-16-59)36-22-32(52(4,5)6)24-38-44-42(56(40)46(36)38)20-30(28-54)48-50(44)60(10)17-13-58(48,8)14-18-60/h19-26H,11-18H2,1-10H3. The van der Waals surface area contributed by atoms with E-state index < -0.39 is 32.3 Å². The Morgan fingerprint density at radius 3 is 1.05 bits per heavy atom. The van der Waals surface area contributed by atoms with Crippen LogP contribution in [0.15, 0.2) is 48.5 Å². The maximum atomic E-state index is 11.0. The molecule has 10 heterocycles. The van der Waals surface area contributed by atoms with E-state index in [1.54, 1.807) is 10.4 Å². The van der Waals surface area contributed by atoms with Gasteiger partial charge in [0.25, 0.3) is 0 Å². The molecule has 4 aromatic heterocycles. The number of nitriles is 2. The van der Waals surface area contributed by atoms with Gasteiger partial charge in [-0.15, -0.1) is 0 Å². The van der Waals surface area contributed by atoms with Crippen molar-refractivity contribution in [2.24, 2.45) is 0 Å². The first-order valence-corrected chi connectivity index (χ1v) is 34.4. The zero-order chi connectivity index (χ0) is 41.6. The lowest BCUT2D eigenvalue weighted by atomic mass is 9.85. The normalized spacial score (nSPS) is 26.5. The molecule has 5 aromatic carbocycles. The van der Waals surface area contributed by atoms with Crippen LogP contribution in [0.5, 0.6) is 0 Å². The molecule has 6 aliphatic rings. The number of hydrogen-bond donors (Lipinski definition) is 0. The molecule has 8 heteroatoms. The van der Waals surface area contributed by atoms with Gasteiger partial charge in [-0.25, -0.2) is 0 Å². The average Bonchev–Trinajstić information content (AvgIpc) is 3.92. The van der Waals surface area contributed by atoms with E-state index in [-0.39, 0.29) is 10.8 Å². The second-order valence-corrected chi connectivity index (χ2v) is 42.0. The van der Waals surface area contributed by atoms with Crippen LogP contribution >= 0.6 is 0 Å². The van der Waals surface area contributed by atoms with E-state index in [0.717, 1.165) is 11.1 Å². The Morgan fingerprint density at radius 2 is 0.733 bits per heavy atom. The minimum atomic E-state index is -1.79. The second-order valence-electron chi connectivity index (χ2n) is 23.5. The lowest BCUT2D eigenvalue weighted by Crippen LogP contribution is -2.71. The summed E-state index contributed by atoms with van der Waals surface area (Å²) < 4.78 is 5.20. The van der Waals surface area contributed by atoms with Gasteiger partial charge >= 0.3 is 0 Å². The molecule has 0 atom stereocenters. The molecule has 2 saturated heterocycles. The minimum Gasteiger partial charge on any atom is -0.308 e. The molecule has 0 saturated carbocycles. The molecule has 0 amide bonds. The zero-order valence-electron chi connectivity index (χ0n) is 37.1. The SMILES string of the molecule is CC(C)(C)c1cc2c3cc4c(cc3n3c5cc(C#N)c6c(c5c(c1)c23)[Si]1(C)CC[Si]6(C)CC1)c1cc(C(C)(C)C)cc2c3c5c(c(C#N)cc3n4c12)[Si]1(C)CC[Si]5(C)CC1. The summed E-state index contributed by atoms with van der Waals surface area (Å²) in [7, 11) is -7.09. The van der Waals surface area contributed by atoms with Crippen LogP contribution < -0.4 is 20.7 Å². The summed E-state index contributed by atoms with van der Waals surface area (Å²) in [6, 6.07) is 36.4. The van der Waals surface area contributed by atoms with Crippen molar-refractivity contribution in [3.8, 4) is 12.1 Å². The molecule has 60 heavy (non-hydrogen) atoms. The van der Waals surface area contributed by atoms with Crippen LogP contribution in [0.4, 0.5) is 0 Å². The van der Waals surface area contributed by atoms with Crippen molar-refractivity contribution >= 4 is 129 Å². The first-order chi connectivity index (χ1) is 28.3. The minimum absolute atomic E-state index is 0.0270. The van der Waals surface area contributed by atoms with Crippen molar-refractivity contribution in [1.82, 2.24) is 8.80 Å². The number of rotatable bonds is 0. The monoisotopic (exact) mass is 846 g/mol. The molecule has 0 spiro atoms. The van der Waals surface area contributed by atoms with E-state index in [1.807, 2.05) is 0 Å². The van der Waals surface area contributed by atoms with Gasteiger partial charge in [-0.3, -0.25) is 0 Å². The lowest BCUT2D eigenvalue weighted by molar-refractivity contribution is 0.591. The van der Waals surface area contributed by atoms with E-state index >= 15 is 0 Å². The maximum Gasteiger partial charge on any atom is 0.0991 e. The van der Waals surface area contributed by atoms with Gasteiger partial charge < -0.3 is 8.80 Å². The Bertz CT molecular complexity index is 3360. The van der Waals surface area contributed by atoms with Crippen molar-refractivity contribution in [3.63, 3.8) is 0 Å². The number of hydrogen-bond acceptors (Lipinski definition) is 2. The highest BCUT2D eigenvalue weighted by Gasteiger charge is 2.54. The molecule has 6 aliphatic heterocycles.